The number of piperidine rings is 2. The van der Waals surface area contributed by atoms with Crippen molar-refractivity contribution >= 4 is 0 Å². The molecule has 1 aliphatic carbocycles. The van der Waals surface area contributed by atoms with Gasteiger partial charge < -0.3 is 0 Å². The topological polar surface area (TPSA) is 32.4 Å². The van der Waals surface area contributed by atoms with E-state index in [9.17, 15) is 0 Å². The Morgan fingerprint density at radius 1 is 0.204 bits per heavy atom. The van der Waals surface area contributed by atoms with Gasteiger partial charge in [-0.05, 0) is 317 Å². The first-order valence-electron chi connectivity index (χ1n) is 40.8. The summed E-state index contributed by atoms with van der Waals surface area (Å²) in [6.07, 6.45) is 8.50. The summed E-state index contributed by atoms with van der Waals surface area (Å²) in [4.78, 5) is 26.2. The minimum Gasteiger partial charge on any atom is -0.298 e. The number of hydrogen-bond acceptors (Lipinski definition) is 10. The zero-order valence-corrected chi connectivity index (χ0v) is 74.9. The van der Waals surface area contributed by atoms with E-state index in [2.05, 4.69) is 340 Å². The van der Waals surface area contributed by atoms with Gasteiger partial charge in [0.05, 0.1) is 0 Å². The van der Waals surface area contributed by atoms with Crippen molar-refractivity contribution in [2.24, 2.45) is 56.2 Å². The third-order valence-corrected chi connectivity index (χ3v) is 25.8. The van der Waals surface area contributed by atoms with Crippen LogP contribution in [0.15, 0.2) is 0 Å². The van der Waals surface area contributed by atoms with Gasteiger partial charge in [0.25, 0.3) is 0 Å². The second-order valence-corrected chi connectivity index (χ2v) is 48.5. The molecule has 0 aromatic heterocycles. The highest BCUT2D eigenvalue weighted by Gasteiger charge is 2.58. The zero-order valence-electron chi connectivity index (χ0n) is 74.9. The zero-order chi connectivity index (χ0) is 76.2. The molecule has 0 aromatic carbocycles. The molecule has 11 rings (SSSR count). The molecule has 11 aliphatic rings. The van der Waals surface area contributed by atoms with E-state index in [0.29, 0.717) is 82.5 Å². The molecular formula is C88H180N10. The maximum absolute atomic E-state index is 2.72. The molecule has 2 bridgehead atoms. The predicted octanol–water partition coefficient (Wildman–Crippen LogP) is 19.7. The Morgan fingerprint density at radius 2 is 0.439 bits per heavy atom. The molecule has 582 valence electrons. The highest BCUT2D eigenvalue weighted by Crippen LogP contribution is 2.58. The monoisotopic (exact) mass is 1380 g/mol. The first-order chi connectivity index (χ1) is 43.3. The van der Waals surface area contributed by atoms with Crippen LogP contribution in [-0.4, -0.2) is 234 Å². The standard InChI is InChI=1S/C14H27N.2C13H26N2.C13H27N.C12H26N2.C12H25N.C11H23N/c1-12(2,3)11-7-14(8-11)9-15(10-14)13(4,5)6;1-11(2,3)14-7-13(8-14)9-15(10-13)12(4,5)6;1-12(2,3)14-8-10-7-11(9-14)15(10)13(4,5)6;1-12(2,3)11-7-9-14(10-8-11)13(4,5)6;1-11(2,3)13-7-9-14(10-8-13)12(4,5)6;1-11(2,3)10-7-8-13(9-10)12(4,5)6;1-10(2,3)9-7-12(8-9)11(4,5)6/h11H,7-10H2,1-6H3;7-10H2,1-6H3;10-11H,7-9H2,1-6H3;11H,7-10H2,1-6H3;7-10H2,1-6H3;10H,7-9H2,1-6H3;9H,7-8H2,1-6H3. The van der Waals surface area contributed by atoms with Crippen molar-refractivity contribution in [3.05, 3.63) is 0 Å². The van der Waals surface area contributed by atoms with Gasteiger partial charge in [0, 0.05) is 171 Å². The second-order valence-electron chi connectivity index (χ2n) is 48.5. The van der Waals surface area contributed by atoms with Crippen molar-refractivity contribution in [2.75, 3.05) is 118 Å². The molecule has 1 saturated carbocycles. The second kappa shape index (κ2) is 31.4. The van der Waals surface area contributed by atoms with E-state index in [-0.39, 0.29) is 0 Å². The van der Waals surface area contributed by atoms with Crippen LogP contribution in [0.3, 0.4) is 0 Å². The summed E-state index contributed by atoms with van der Waals surface area (Å²) in [5, 5.41) is 0. The van der Waals surface area contributed by atoms with E-state index in [4.69, 9.17) is 0 Å². The lowest BCUT2D eigenvalue weighted by atomic mass is 9.51. The van der Waals surface area contributed by atoms with Gasteiger partial charge in [-0.2, -0.15) is 0 Å². The molecule has 0 N–H and O–H groups in total. The average Bonchev–Trinajstić information content (AvgIpc) is 0.801. The summed E-state index contributed by atoms with van der Waals surface area (Å²) < 4.78 is 0. The molecule has 0 amide bonds. The van der Waals surface area contributed by atoms with Crippen molar-refractivity contribution < 1.29 is 0 Å². The highest BCUT2D eigenvalue weighted by atomic mass is 15.4. The molecule has 3 atom stereocenters. The Bertz CT molecular complexity index is 2090. The Balaban J connectivity index is 0.000000243. The van der Waals surface area contributed by atoms with Crippen LogP contribution >= 0.6 is 0 Å². The molecule has 10 heteroatoms. The summed E-state index contributed by atoms with van der Waals surface area (Å²) in [6.45, 7) is 121. The van der Waals surface area contributed by atoms with E-state index in [1.54, 1.807) is 0 Å². The SMILES string of the molecule is CC(C)(C)C1CC2(C1)CN(C(C)(C)C)C2.CC(C)(C)C1CCN(C(C)(C)C)C1.CC(C)(C)C1CCN(C(C)(C)C)CC1.CC(C)(C)C1CN(C(C)(C)C)C1.CC(C)(C)N1CC2(C1)CN(C(C)(C)C)C2.CC(C)(C)N1CC2CC(C1)N2C(C)(C)C.CC(C)(C)N1CCN(C(C)(C)C)CC1. The lowest BCUT2D eigenvalue weighted by Gasteiger charge is -2.66. The Hall–Kier alpha value is -0.400. The predicted molar refractivity (Wildman–Crippen MR) is 435 cm³/mol. The number of nitrogens with zero attached hydrogens (tertiary/aromatic N) is 10. The number of likely N-dealkylation sites (tertiary alicyclic amines) is 6. The van der Waals surface area contributed by atoms with Crippen LogP contribution in [0.25, 0.3) is 0 Å². The fourth-order valence-corrected chi connectivity index (χ4v) is 17.1. The normalized spacial score (nSPS) is 26.4. The number of fused-ring (bicyclic) bond motifs is 2. The minimum atomic E-state index is 0.337. The minimum absolute atomic E-state index is 0.337. The molecule has 3 unspecified atom stereocenters. The summed E-state index contributed by atoms with van der Waals surface area (Å²) in [6, 6.07) is 1.62. The molecular weight excluding hydrogens is 1200 g/mol. The quantitative estimate of drug-likeness (QED) is 0.234. The van der Waals surface area contributed by atoms with Gasteiger partial charge in [0.1, 0.15) is 0 Å². The summed E-state index contributed by atoms with van der Waals surface area (Å²) in [5.74, 6) is 3.67. The summed E-state index contributed by atoms with van der Waals surface area (Å²) >= 11 is 0. The van der Waals surface area contributed by atoms with Crippen LogP contribution in [0.5, 0.6) is 0 Å². The van der Waals surface area contributed by atoms with Crippen molar-refractivity contribution in [1.29, 1.82) is 0 Å². The van der Waals surface area contributed by atoms with E-state index < -0.39 is 0 Å². The van der Waals surface area contributed by atoms with E-state index >= 15 is 0 Å². The van der Waals surface area contributed by atoms with Crippen LogP contribution in [0.1, 0.15) is 329 Å². The van der Waals surface area contributed by atoms with Gasteiger partial charge in [-0.15, -0.1) is 0 Å². The number of hydrogen-bond donors (Lipinski definition) is 0. The fourth-order valence-electron chi connectivity index (χ4n) is 17.1. The fraction of sp³-hybridized carbons (Fsp3) is 1.00. The third-order valence-electron chi connectivity index (χ3n) is 25.8. The van der Waals surface area contributed by atoms with Crippen LogP contribution in [0, 0.1) is 56.2 Å². The van der Waals surface area contributed by atoms with Crippen LogP contribution in [0.2, 0.25) is 0 Å². The molecule has 10 heterocycles. The molecule has 98 heavy (non-hydrogen) atoms. The summed E-state index contributed by atoms with van der Waals surface area (Å²) in [5.41, 5.74) is 7.01. The number of rotatable bonds is 0. The first kappa shape index (κ1) is 90.0. The Morgan fingerprint density at radius 3 is 0.684 bits per heavy atom. The summed E-state index contributed by atoms with van der Waals surface area (Å²) in [7, 11) is 0. The smallest absolute Gasteiger partial charge is 0.0247 e. The van der Waals surface area contributed by atoms with Crippen LogP contribution < -0.4 is 0 Å². The molecule has 10 aliphatic heterocycles. The van der Waals surface area contributed by atoms with Crippen molar-refractivity contribution in [1.82, 2.24) is 49.0 Å². The van der Waals surface area contributed by atoms with Gasteiger partial charge in [-0.25, -0.2) is 0 Å². The first-order valence-corrected chi connectivity index (χ1v) is 40.8. The highest BCUT2D eigenvalue weighted by molar-refractivity contribution is 5.12. The Labute approximate surface area is 616 Å². The molecule has 10 nitrogen and oxygen atoms in total. The molecule has 2 spiro atoms. The van der Waals surface area contributed by atoms with Gasteiger partial charge in [0.15, 0.2) is 0 Å². The van der Waals surface area contributed by atoms with E-state index in [1.807, 2.05) is 0 Å². The molecule has 0 radical (unpaired) electrons. The maximum atomic E-state index is 2.72. The third kappa shape index (κ3) is 26.2. The van der Waals surface area contributed by atoms with Crippen molar-refractivity contribution in [2.45, 2.75) is 397 Å². The largest absolute Gasteiger partial charge is 0.298 e. The molecule has 11 fully saturated rings. The van der Waals surface area contributed by atoms with Crippen molar-refractivity contribution in [3.8, 4) is 0 Å². The lowest BCUT2D eigenvalue weighted by molar-refractivity contribution is -0.167. The van der Waals surface area contributed by atoms with Crippen LogP contribution in [0.4, 0.5) is 0 Å². The van der Waals surface area contributed by atoms with Gasteiger partial charge >= 0.3 is 0 Å². The molecule has 0 aromatic rings. The lowest BCUT2D eigenvalue weighted by Crippen LogP contribution is -2.76. The van der Waals surface area contributed by atoms with Crippen LogP contribution in [-0.2, 0) is 0 Å². The van der Waals surface area contributed by atoms with Gasteiger partial charge in [0.2, 0.25) is 0 Å². The average molecular weight is 1380 g/mol. The van der Waals surface area contributed by atoms with Gasteiger partial charge in [-0.3, -0.25) is 49.0 Å². The Kier molecular flexibility index (Phi) is 28.9. The van der Waals surface area contributed by atoms with E-state index in [0.717, 1.165) is 41.2 Å². The molecule has 10 saturated heterocycles. The van der Waals surface area contributed by atoms with E-state index in [1.165, 1.54) is 156 Å². The van der Waals surface area contributed by atoms with Crippen molar-refractivity contribution in [3.63, 3.8) is 0 Å². The van der Waals surface area contributed by atoms with Gasteiger partial charge in [-0.1, -0.05) is 83.1 Å². The maximum Gasteiger partial charge on any atom is 0.0247 e. The number of piperazine rings is 2.